The summed E-state index contributed by atoms with van der Waals surface area (Å²) in [5.41, 5.74) is 0. The summed E-state index contributed by atoms with van der Waals surface area (Å²) >= 11 is 4.51. The number of aliphatic hydroxyl groups excluding tert-OH is 1. The van der Waals surface area contributed by atoms with Crippen molar-refractivity contribution >= 4 is 37.3 Å². The van der Waals surface area contributed by atoms with Crippen molar-refractivity contribution in [2.24, 2.45) is 0 Å². The van der Waals surface area contributed by atoms with E-state index in [9.17, 15) is 8.42 Å². The summed E-state index contributed by atoms with van der Waals surface area (Å²) in [4.78, 5) is 0.884. The van der Waals surface area contributed by atoms with E-state index in [4.69, 9.17) is 9.84 Å². The normalized spacial score (nSPS) is 18.9. The van der Waals surface area contributed by atoms with Crippen LogP contribution in [0.3, 0.4) is 0 Å². The number of thiophene rings is 1. The van der Waals surface area contributed by atoms with Crippen molar-refractivity contribution in [2.45, 2.75) is 30.4 Å². The lowest BCUT2D eigenvalue weighted by molar-refractivity contribution is 0.0604. The first-order chi connectivity index (χ1) is 8.98. The molecule has 1 aromatic rings. The average Bonchev–Trinajstić information content (AvgIpc) is 2.81. The van der Waals surface area contributed by atoms with Crippen LogP contribution in [-0.2, 0) is 21.4 Å². The van der Waals surface area contributed by atoms with Gasteiger partial charge in [-0.25, -0.2) is 8.42 Å². The number of hydrogen-bond donors (Lipinski definition) is 1. The molecule has 0 aliphatic carbocycles. The standard InChI is InChI=1S/C11H16BrNO4S2/c1-17-8-2-4-13(5-3-8)19(15,16)10-6-9(7-14)18-11(10)12/h6,8,14H,2-5,7H2,1H3. The van der Waals surface area contributed by atoms with Crippen molar-refractivity contribution in [1.29, 1.82) is 0 Å². The van der Waals surface area contributed by atoms with Crippen molar-refractivity contribution in [2.75, 3.05) is 20.2 Å². The summed E-state index contributed by atoms with van der Waals surface area (Å²) in [7, 11) is -1.83. The van der Waals surface area contributed by atoms with Gasteiger partial charge in [0.2, 0.25) is 10.0 Å². The second-order valence-corrected chi connectivity index (χ2v) is 8.71. The van der Waals surface area contributed by atoms with E-state index in [-0.39, 0.29) is 17.6 Å². The predicted molar refractivity (Wildman–Crippen MR) is 76.7 cm³/mol. The molecule has 1 saturated heterocycles. The smallest absolute Gasteiger partial charge is 0.245 e. The van der Waals surface area contributed by atoms with Crippen molar-refractivity contribution in [3.63, 3.8) is 0 Å². The Morgan fingerprint density at radius 3 is 2.63 bits per heavy atom. The Kier molecular flexibility index (Phi) is 5.02. The van der Waals surface area contributed by atoms with E-state index in [0.29, 0.717) is 34.6 Å². The maximum Gasteiger partial charge on any atom is 0.245 e. The molecule has 0 saturated carbocycles. The summed E-state index contributed by atoms with van der Waals surface area (Å²) in [5, 5.41) is 9.08. The van der Waals surface area contributed by atoms with Gasteiger partial charge >= 0.3 is 0 Å². The number of halogens is 1. The zero-order valence-electron chi connectivity index (χ0n) is 10.5. The predicted octanol–water partition coefficient (Wildman–Crippen LogP) is 1.80. The lowest BCUT2D eigenvalue weighted by Gasteiger charge is -2.30. The third-order valence-electron chi connectivity index (χ3n) is 3.21. The van der Waals surface area contributed by atoms with E-state index < -0.39 is 10.0 Å². The van der Waals surface area contributed by atoms with E-state index in [1.165, 1.54) is 21.7 Å². The first kappa shape index (κ1) is 15.4. The Morgan fingerprint density at radius 2 is 2.16 bits per heavy atom. The van der Waals surface area contributed by atoms with Crippen LogP contribution >= 0.6 is 27.3 Å². The van der Waals surface area contributed by atoms with E-state index in [2.05, 4.69) is 15.9 Å². The molecule has 0 spiro atoms. The van der Waals surface area contributed by atoms with Gasteiger partial charge in [-0.2, -0.15) is 4.31 Å². The third kappa shape index (κ3) is 3.20. The van der Waals surface area contributed by atoms with Gasteiger partial charge in [0.25, 0.3) is 0 Å². The summed E-state index contributed by atoms with van der Waals surface area (Å²) in [5.74, 6) is 0. The molecule has 1 N–H and O–H groups in total. The van der Waals surface area contributed by atoms with Gasteiger partial charge in [0.05, 0.1) is 16.5 Å². The fourth-order valence-electron chi connectivity index (χ4n) is 2.10. The summed E-state index contributed by atoms with van der Waals surface area (Å²) < 4.78 is 32.3. The van der Waals surface area contributed by atoms with Crippen LogP contribution in [0.5, 0.6) is 0 Å². The van der Waals surface area contributed by atoms with Gasteiger partial charge in [-0.05, 0) is 34.8 Å². The minimum absolute atomic E-state index is 0.144. The SMILES string of the molecule is COC1CCN(S(=O)(=O)c2cc(CO)sc2Br)CC1. The van der Waals surface area contributed by atoms with E-state index in [1.54, 1.807) is 7.11 Å². The van der Waals surface area contributed by atoms with Crippen molar-refractivity contribution in [3.8, 4) is 0 Å². The molecule has 8 heteroatoms. The molecule has 19 heavy (non-hydrogen) atoms. The molecule has 0 unspecified atom stereocenters. The first-order valence-electron chi connectivity index (χ1n) is 5.91. The van der Waals surface area contributed by atoms with Gasteiger partial charge in [0.15, 0.2) is 0 Å². The number of nitrogens with zero attached hydrogens (tertiary/aromatic N) is 1. The maximum atomic E-state index is 12.5. The van der Waals surface area contributed by atoms with Crippen LogP contribution in [0.2, 0.25) is 0 Å². The fourth-order valence-corrected chi connectivity index (χ4v) is 6.06. The highest BCUT2D eigenvalue weighted by atomic mass is 79.9. The van der Waals surface area contributed by atoms with Gasteiger partial charge in [-0.15, -0.1) is 11.3 Å². The molecule has 0 atom stereocenters. The Balaban J connectivity index is 2.20. The fraction of sp³-hybridized carbons (Fsp3) is 0.636. The zero-order valence-corrected chi connectivity index (χ0v) is 13.7. The minimum atomic E-state index is -3.48. The van der Waals surface area contributed by atoms with Gasteiger partial charge in [-0.1, -0.05) is 0 Å². The van der Waals surface area contributed by atoms with Crippen molar-refractivity contribution < 1.29 is 18.3 Å². The molecule has 1 aliphatic heterocycles. The van der Waals surface area contributed by atoms with Gasteiger partial charge < -0.3 is 9.84 Å². The van der Waals surface area contributed by atoms with Crippen molar-refractivity contribution in [3.05, 3.63) is 14.7 Å². The maximum absolute atomic E-state index is 12.5. The van der Waals surface area contributed by atoms with Crippen LogP contribution < -0.4 is 0 Å². The molecule has 2 rings (SSSR count). The first-order valence-corrected chi connectivity index (χ1v) is 8.96. The zero-order chi connectivity index (χ0) is 14.0. The molecule has 1 aliphatic rings. The molecule has 108 valence electrons. The van der Waals surface area contributed by atoms with E-state index in [0.717, 1.165) is 0 Å². The Morgan fingerprint density at radius 1 is 1.53 bits per heavy atom. The Labute approximate surface area is 125 Å². The quantitative estimate of drug-likeness (QED) is 0.878. The second-order valence-electron chi connectivity index (χ2n) is 4.35. The van der Waals surface area contributed by atoms with Gasteiger partial charge in [-0.3, -0.25) is 0 Å². The van der Waals surface area contributed by atoms with Crippen molar-refractivity contribution in [1.82, 2.24) is 4.31 Å². The summed E-state index contributed by atoms with van der Waals surface area (Å²) in [6.45, 7) is 0.791. The highest BCUT2D eigenvalue weighted by molar-refractivity contribution is 9.11. The van der Waals surface area contributed by atoms with Crippen LogP contribution in [0.4, 0.5) is 0 Å². The number of ether oxygens (including phenoxy) is 1. The number of hydrogen-bond acceptors (Lipinski definition) is 5. The lowest BCUT2D eigenvalue weighted by atomic mass is 10.1. The van der Waals surface area contributed by atoms with Crippen LogP contribution in [0.25, 0.3) is 0 Å². The third-order valence-corrected chi connectivity index (χ3v) is 7.35. The second kappa shape index (κ2) is 6.19. The van der Waals surface area contributed by atoms with E-state index >= 15 is 0 Å². The minimum Gasteiger partial charge on any atom is -0.391 e. The molecule has 2 heterocycles. The molecule has 0 amide bonds. The monoisotopic (exact) mass is 369 g/mol. The number of aliphatic hydroxyl groups is 1. The number of methoxy groups -OCH3 is 1. The summed E-state index contributed by atoms with van der Waals surface area (Å²) in [6, 6.07) is 1.53. The topological polar surface area (TPSA) is 66.8 Å². The molecule has 0 radical (unpaired) electrons. The highest BCUT2D eigenvalue weighted by Crippen LogP contribution is 2.34. The Hall–Kier alpha value is 0.01000. The largest absolute Gasteiger partial charge is 0.391 e. The Bertz CT molecular complexity index is 535. The van der Waals surface area contributed by atoms with Gasteiger partial charge in [0.1, 0.15) is 4.90 Å². The van der Waals surface area contributed by atoms with E-state index in [1.807, 2.05) is 0 Å². The lowest BCUT2D eigenvalue weighted by Crippen LogP contribution is -2.40. The van der Waals surface area contributed by atoms with Crippen LogP contribution in [0.15, 0.2) is 14.7 Å². The molecule has 1 fully saturated rings. The van der Waals surface area contributed by atoms with Crippen LogP contribution in [0.1, 0.15) is 17.7 Å². The molecular formula is C11H16BrNO4S2. The van der Waals surface area contributed by atoms with Gasteiger partial charge in [0, 0.05) is 25.1 Å². The average molecular weight is 370 g/mol. The number of piperidine rings is 1. The molecule has 0 aromatic carbocycles. The molecule has 1 aromatic heterocycles. The molecule has 5 nitrogen and oxygen atoms in total. The van der Waals surface area contributed by atoms with Crippen LogP contribution in [-0.4, -0.2) is 44.1 Å². The molecule has 0 bridgehead atoms. The number of sulfonamides is 1. The molecular weight excluding hydrogens is 354 g/mol. The van der Waals surface area contributed by atoms with Crippen LogP contribution in [0, 0.1) is 0 Å². The number of rotatable bonds is 4. The highest BCUT2D eigenvalue weighted by Gasteiger charge is 2.31. The summed E-state index contributed by atoms with van der Waals surface area (Å²) in [6.07, 6.45) is 1.57.